The molecule has 8 nitrogen and oxygen atoms in total. The SMILES string of the molecule is Cc1nc(-c2cc(C3=CCCN(S(=O)(=O)c4ccccc4)C3OC(=O)C(F)(F)F)ccn2)[nH]c1C. The lowest BCUT2D eigenvalue weighted by atomic mass is 10.0. The normalized spacial score (nSPS) is 17.2. The number of imidazole rings is 1. The van der Waals surface area contributed by atoms with Crippen molar-refractivity contribution in [1.29, 1.82) is 0 Å². The summed E-state index contributed by atoms with van der Waals surface area (Å²) in [5.74, 6) is -2.05. The molecule has 184 valence electrons. The van der Waals surface area contributed by atoms with E-state index in [1.165, 1.54) is 36.5 Å². The third-order valence-electron chi connectivity index (χ3n) is 5.51. The van der Waals surface area contributed by atoms with E-state index in [9.17, 15) is 26.4 Å². The molecule has 0 fully saturated rings. The number of nitrogens with zero attached hydrogens (tertiary/aromatic N) is 3. The predicted molar refractivity (Wildman–Crippen MR) is 120 cm³/mol. The minimum Gasteiger partial charge on any atom is -0.434 e. The highest BCUT2D eigenvalue weighted by Crippen LogP contribution is 2.34. The fraction of sp³-hybridized carbons (Fsp3) is 0.261. The number of carbonyl (C=O) groups excluding carboxylic acids is 1. The first kappa shape index (κ1) is 24.6. The molecule has 1 N–H and O–H groups in total. The number of aromatic amines is 1. The standard InChI is InChI=1S/C23H21F3N4O4S/c1-14-15(2)29-20(28-14)19-13-16(10-11-27-19)18-9-6-12-30(21(18)34-22(31)23(24,25)26)35(32,33)17-7-4-3-5-8-17/h3-5,7-11,13,21H,6,12H2,1-2H3,(H,28,29). The molecule has 0 bridgehead atoms. The summed E-state index contributed by atoms with van der Waals surface area (Å²) in [7, 11) is -4.29. The van der Waals surface area contributed by atoms with Crippen molar-refractivity contribution in [3.05, 3.63) is 71.7 Å². The van der Waals surface area contributed by atoms with Gasteiger partial charge in [0, 0.05) is 24.0 Å². The highest BCUT2D eigenvalue weighted by Gasteiger charge is 2.46. The Labute approximate surface area is 199 Å². The number of pyridine rings is 1. The van der Waals surface area contributed by atoms with E-state index < -0.39 is 28.4 Å². The summed E-state index contributed by atoms with van der Waals surface area (Å²) in [6.45, 7) is 3.46. The molecule has 2 aromatic heterocycles. The van der Waals surface area contributed by atoms with Crippen LogP contribution in [0.1, 0.15) is 23.4 Å². The molecule has 1 aromatic carbocycles. The van der Waals surface area contributed by atoms with Crippen LogP contribution in [0.3, 0.4) is 0 Å². The van der Waals surface area contributed by atoms with E-state index in [2.05, 4.69) is 15.0 Å². The van der Waals surface area contributed by atoms with Crippen LogP contribution >= 0.6 is 0 Å². The quantitative estimate of drug-likeness (QED) is 0.525. The van der Waals surface area contributed by atoms with Gasteiger partial charge in [0.05, 0.1) is 10.6 Å². The molecule has 35 heavy (non-hydrogen) atoms. The van der Waals surface area contributed by atoms with Crippen LogP contribution in [0, 0.1) is 13.8 Å². The Bertz CT molecular complexity index is 1370. The van der Waals surface area contributed by atoms with Gasteiger partial charge in [-0.05, 0) is 50.1 Å². The van der Waals surface area contributed by atoms with Crippen molar-refractivity contribution >= 4 is 21.6 Å². The summed E-state index contributed by atoms with van der Waals surface area (Å²) in [6, 6.07) is 10.3. The first-order chi connectivity index (χ1) is 16.5. The smallest absolute Gasteiger partial charge is 0.434 e. The second kappa shape index (κ2) is 9.27. The van der Waals surface area contributed by atoms with Crippen molar-refractivity contribution in [2.75, 3.05) is 6.54 Å². The molecule has 0 saturated heterocycles. The number of alkyl halides is 3. The zero-order valence-electron chi connectivity index (χ0n) is 18.7. The van der Waals surface area contributed by atoms with Gasteiger partial charge in [-0.3, -0.25) is 4.98 Å². The number of aromatic nitrogens is 3. The first-order valence-electron chi connectivity index (χ1n) is 10.5. The van der Waals surface area contributed by atoms with Crippen LogP contribution in [0.4, 0.5) is 13.2 Å². The van der Waals surface area contributed by atoms with Crippen LogP contribution in [-0.4, -0.2) is 52.6 Å². The Morgan fingerprint density at radius 1 is 1.17 bits per heavy atom. The molecule has 4 rings (SSSR count). The Morgan fingerprint density at radius 2 is 1.89 bits per heavy atom. The van der Waals surface area contributed by atoms with Gasteiger partial charge in [-0.1, -0.05) is 24.3 Å². The Balaban J connectivity index is 1.79. The topological polar surface area (TPSA) is 105 Å². The van der Waals surface area contributed by atoms with Crippen molar-refractivity contribution in [2.24, 2.45) is 0 Å². The summed E-state index contributed by atoms with van der Waals surface area (Å²) in [5.41, 5.74) is 2.40. The van der Waals surface area contributed by atoms with Crippen LogP contribution < -0.4 is 0 Å². The van der Waals surface area contributed by atoms with E-state index in [1.807, 2.05) is 13.8 Å². The molecule has 0 radical (unpaired) electrons. The highest BCUT2D eigenvalue weighted by atomic mass is 32.2. The molecule has 1 aliphatic rings. The minimum atomic E-state index is -5.31. The summed E-state index contributed by atoms with van der Waals surface area (Å²) in [5, 5.41) is 0. The van der Waals surface area contributed by atoms with Gasteiger partial charge in [-0.2, -0.15) is 17.5 Å². The molecule has 3 aromatic rings. The molecule has 12 heteroatoms. The van der Waals surface area contributed by atoms with Gasteiger partial charge in [0.25, 0.3) is 0 Å². The Hall–Kier alpha value is -3.51. The van der Waals surface area contributed by atoms with Gasteiger partial charge in [0.15, 0.2) is 12.1 Å². The third-order valence-corrected chi connectivity index (χ3v) is 7.36. The highest BCUT2D eigenvalue weighted by molar-refractivity contribution is 7.89. The molecule has 1 aliphatic heterocycles. The lowest BCUT2D eigenvalue weighted by molar-refractivity contribution is -0.206. The zero-order valence-corrected chi connectivity index (χ0v) is 19.5. The maximum absolute atomic E-state index is 13.3. The molecule has 0 amide bonds. The number of hydrogen-bond donors (Lipinski definition) is 1. The second-order valence-electron chi connectivity index (χ2n) is 7.86. The van der Waals surface area contributed by atoms with Crippen LogP contribution in [0.5, 0.6) is 0 Å². The molecule has 1 unspecified atom stereocenters. The maximum atomic E-state index is 13.3. The average Bonchev–Trinajstić information content (AvgIpc) is 3.17. The number of esters is 1. The molecule has 3 heterocycles. The van der Waals surface area contributed by atoms with Gasteiger partial charge in [0.1, 0.15) is 5.69 Å². The van der Waals surface area contributed by atoms with Crippen molar-refractivity contribution in [3.63, 3.8) is 0 Å². The number of benzene rings is 1. The number of hydrogen-bond acceptors (Lipinski definition) is 6. The van der Waals surface area contributed by atoms with E-state index in [1.54, 1.807) is 18.2 Å². The predicted octanol–water partition coefficient (Wildman–Crippen LogP) is 4.00. The fourth-order valence-corrected chi connectivity index (χ4v) is 5.18. The van der Waals surface area contributed by atoms with Crippen LogP contribution in [0.25, 0.3) is 17.1 Å². The lowest BCUT2D eigenvalue weighted by Crippen LogP contribution is -2.47. The van der Waals surface area contributed by atoms with E-state index in [-0.39, 0.29) is 23.4 Å². The monoisotopic (exact) mass is 506 g/mol. The lowest BCUT2D eigenvalue weighted by Gasteiger charge is -2.35. The number of ether oxygens (including phenoxy) is 1. The summed E-state index contributed by atoms with van der Waals surface area (Å²) in [4.78, 5) is 23.4. The Morgan fingerprint density at radius 3 is 2.51 bits per heavy atom. The van der Waals surface area contributed by atoms with Crippen molar-refractivity contribution in [2.45, 2.75) is 37.6 Å². The average molecular weight is 507 g/mol. The van der Waals surface area contributed by atoms with Crippen LogP contribution in [0.2, 0.25) is 0 Å². The number of H-pyrrole nitrogens is 1. The molecule has 0 spiro atoms. The largest absolute Gasteiger partial charge is 0.490 e. The molecule has 0 saturated carbocycles. The van der Waals surface area contributed by atoms with Gasteiger partial charge < -0.3 is 9.72 Å². The van der Waals surface area contributed by atoms with Crippen LogP contribution in [0.15, 0.2) is 59.6 Å². The van der Waals surface area contributed by atoms with E-state index >= 15 is 0 Å². The fourth-order valence-electron chi connectivity index (χ4n) is 3.65. The van der Waals surface area contributed by atoms with Gasteiger partial charge >= 0.3 is 12.1 Å². The van der Waals surface area contributed by atoms with Gasteiger partial charge in [0.2, 0.25) is 10.0 Å². The van der Waals surface area contributed by atoms with E-state index in [0.717, 1.165) is 15.7 Å². The number of halogens is 3. The number of carbonyl (C=O) groups is 1. The molecular weight excluding hydrogens is 485 g/mol. The summed E-state index contributed by atoms with van der Waals surface area (Å²) in [6.07, 6.45) is -3.97. The number of rotatable bonds is 5. The zero-order chi connectivity index (χ0) is 25.4. The third kappa shape index (κ3) is 4.98. The van der Waals surface area contributed by atoms with Crippen LogP contribution in [-0.2, 0) is 19.6 Å². The van der Waals surface area contributed by atoms with Crippen molar-refractivity contribution in [1.82, 2.24) is 19.3 Å². The van der Waals surface area contributed by atoms with Crippen molar-refractivity contribution in [3.8, 4) is 11.5 Å². The Kier molecular flexibility index (Phi) is 6.52. The molecule has 0 aliphatic carbocycles. The van der Waals surface area contributed by atoms with E-state index in [4.69, 9.17) is 4.74 Å². The molecular formula is C23H21F3N4O4S. The van der Waals surface area contributed by atoms with Gasteiger partial charge in [-0.15, -0.1) is 0 Å². The van der Waals surface area contributed by atoms with Crippen molar-refractivity contribution < 1.29 is 31.1 Å². The van der Waals surface area contributed by atoms with Gasteiger partial charge in [-0.25, -0.2) is 18.2 Å². The minimum absolute atomic E-state index is 0.0945. The second-order valence-corrected chi connectivity index (χ2v) is 9.75. The molecule has 1 atom stereocenters. The summed E-state index contributed by atoms with van der Waals surface area (Å²) < 4.78 is 71.6. The first-order valence-corrected chi connectivity index (χ1v) is 12.0. The number of aryl methyl sites for hydroxylation is 2. The van der Waals surface area contributed by atoms with E-state index in [0.29, 0.717) is 17.1 Å². The maximum Gasteiger partial charge on any atom is 0.490 e. The summed E-state index contributed by atoms with van der Waals surface area (Å²) >= 11 is 0. The number of sulfonamides is 1. The number of nitrogens with one attached hydrogen (secondary N) is 1.